The van der Waals surface area contributed by atoms with Gasteiger partial charge in [0.2, 0.25) is 10.0 Å². The van der Waals surface area contributed by atoms with Gasteiger partial charge in [0, 0.05) is 28.0 Å². The van der Waals surface area contributed by atoms with Gasteiger partial charge in [0.1, 0.15) is 0 Å². The van der Waals surface area contributed by atoms with Crippen molar-refractivity contribution in [1.29, 1.82) is 0 Å². The molecule has 2 N–H and O–H groups in total. The first-order valence-electron chi connectivity index (χ1n) is 6.48. The van der Waals surface area contributed by atoms with Crippen LogP contribution in [0.25, 0.3) is 0 Å². The molecule has 0 bridgehead atoms. The highest BCUT2D eigenvalue weighted by Crippen LogP contribution is 2.32. The molecule has 0 amide bonds. The summed E-state index contributed by atoms with van der Waals surface area (Å²) in [5.41, 5.74) is 6.65. The fourth-order valence-electron chi connectivity index (χ4n) is 2.36. The quantitative estimate of drug-likeness (QED) is 0.710. The first-order valence-corrected chi connectivity index (χ1v) is 9.92. The highest BCUT2D eigenvalue weighted by molar-refractivity contribution is 9.11. The summed E-state index contributed by atoms with van der Waals surface area (Å²) in [5, 5.41) is 0. The zero-order valence-corrected chi connectivity index (χ0v) is 16.3. The fraction of sp³-hybridized carbons (Fsp3) is 0.462. The van der Waals surface area contributed by atoms with Crippen LogP contribution >= 0.6 is 44.1 Å². The number of nitrogens with two attached hydrogens (primary N) is 1. The number of halogens is 2. The van der Waals surface area contributed by atoms with Gasteiger partial charge in [-0.3, -0.25) is 0 Å². The van der Waals surface area contributed by atoms with E-state index < -0.39 is 10.0 Å². The molecule has 1 aliphatic rings. The van der Waals surface area contributed by atoms with Gasteiger partial charge < -0.3 is 5.73 Å². The first kappa shape index (κ1) is 17.3. The minimum atomic E-state index is -3.56. The molecule has 1 heterocycles. The minimum absolute atomic E-state index is 0.0452. The Labute approximate surface area is 147 Å². The minimum Gasteiger partial charge on any atom is -0.393 e. The van der Waals surface area contributed by atoms with Gasteiger partial charge in [0.05, 0.1) is 9.88 Å². The van der Waals surface area contributed by atoms with Crippen LogP contribution < -0.4 is 5.73 Å². The maximum Gasteiger partial charge on any atom is 0.244 e. The van der Waals surface area contributed by atoms with Crippen molar-refractivity contribution in [1.82, 2.24) is 4.31 Å². The Morgan fingerprint density at radius 2 is 2.05 bits per heavy atom. The lowest BCUT2D eigenvalue weighted by molar-refractivity contribution is 0.312. The van der Waals surface area contributed by atoms with E-state index in [2.05, 4.69) is 31.9 Å². The Morgan fingerprint density at radius 3 is 2.67 bits per heavy atom. The van der Waals surface area contributed by atoms with Gasteiger partial charge in [0.25, 0.3) is 0 Å². The molecular formula is C13H16Br2N2O2S2. The van der Waals surface area contributed by atoms with E-state index in [0.717, 1.165) is 22.9 Å². The van der Waals surface area contributed by atoms with Crippen molar-refractivity contribution >= 4 is 59.1 Å². The van der Waals surface area contributed by atoms with Gasteiger partial charge in [-0.2, -0.15) is 4.31 Å². The topological polar surface area (TPSA) is 63.4 Å². The zero-order valence-electron chi connectivity index (χ0n) is 11.5. The van der Waals surface area contributed by atoms with Gasteiger partial charge >= 0.3 is 0 Å². The van der Waals surface area contributed by atoms with E-state index in [9.17, 15) is 8.42 Å². The van der Waals surface area contributed by atoms with Gasteiger partial charge in [-0.15, -0.1) is 0 Å². The Kier molecular flexibility index (Phi) is 5.46. The lowest BCUT2D eigenvalue weighted by Crippen LogP contribution is -2.43. The van der Waals surface area contributed by atoms with Crippen LogP contribution in [0.4, 0.5) is 0 Å². The van der Waals surface area contributed by atoms with Crippen LogP contribution in [0.3, 0.4) is 0 Å². The molecule has 1 fully saturated rings. The van der Waals surface area contributed by atoms with Gasteiger partial charge in [-0.05, 0) is 53.4 Å². The Bertz CT molecular complexity index is 677. The standard InChI is InChI=1S/C13H16Br2N2O2S2/c1-8-5-11(15)12(6-10(8)14)21(18,19)17-4-2-3-9(7-17)13(16)20/h5-6,9H,2-4,7H2,1H3,(H2,16,20). The van der Waals surface area contributed by atoms with Gasteiger partial charge in [-0.25, -0.2) is 8.42 Å². The molecule has 4 nitrogen and oxygen atoms in total. The number of nitrogens with zero attached hydrogens (tertiary/aromatic N) is 1. The van der Waals surface area contributed by atoms with E-state index >= 15 is 0 Å². The van der Waals surface area contributed by atoms with Crippen molar-refractivity contribution in [3.05, 3.63) is 26.6 Å². The summed E-state index contributed by atoms with van der Waals surface area (Å²) in [6.07, 6.45) is 1.62. The molecule has 0 saturated carbocycles. The third kappa shape index (κ3) is 3.67. The highest BCUT2D eigenvalue weighted by atomic mass is 79.9. The Balaban J connectivity index is 2.38. The number of sulfonamides is 1. The van der Waals surface area contributed by atoms with Crippen molar-refractivity contribution in [2.24, 2.45) is 11.7 Å². The molecule has 1 aromatic carbocycles. The second-order valence-corrected chi connectivity index (χ2v) is 9.22. The van der Waals surface area contributed by atoms with E-state index in [-0.39, 0.29) is 10.8 Å². The van der Waals surface area contributed by atoms with Crippen LogP contribution in [-0.4, -0.2) is 30.8 Å². The van der Waals surface area contributed by atoms with E-state index in [1.807, 2.05) is 6.92 Å². The largest absolute Gasteiger partial charge is 0.393 e. The number of benzene rings is 1. The summed E-state index contributed by atoms with van der Waals surface area (Å²) in [7, 11) is -3.56. The van der Waals surface area contributed by atoms with E-state index in [1.165, 1.54) is 4.31 Å². The molecule has 1 unspecified atom stereocenters. The fourth-order valence-corrected chi connectivity index (χ4v) is 5.71. The molecule has 8 heteroatoms. The number of rotatable bonds is 3. The normalized spacial score (nSPS) is 20.4. The lowest BCUT2D eigenvalue weighted by Gasteiger charge is -2.31. The average Bonchev–Trinajstić information content (AvgIpc) is 2.42. The smallest absolute Gasteiger partial charge is 0.244 e. The van der Waals surface area contributed by atoms with E-state index in [0.29, 0.717) is 22.6 Å². The number of aryl methyl sites for hydroxylation is 1. The SMILES string of the molecule is Cc1cc(Br)c(S(=O)(=O)N2CCCC(C(N)=S)C2)cc1Br. The first-order chi connectivity index (χ1) is 9.73. The maximum absolute atomic E-state index is 12.8. The molecule has 116 valence electrons. The van der Waals surface area contributed by atoms with Crippen molar-refractivity contribution in [3.8, 4) is 0 Å². The second-order valence-electron chi connectivity index (χ2n) is 5.14. The highest BCUT2D eigenvalue weighted by Gasteiger charge is 2.32. The third-order valence-electron chi connectivity index (χ3n) is 3.62. The second kappa shape index (κ2) is 6.62. The van der Waals surface area contributed by atoms with Crippen molar-refractivity contribution in [3.63, 3.8) is 0 Å². The van der Waals surface area contributed by atoms with Crippen molar-refractivity contribution < 1.29 is 8.42 Å². The summed E-state index contributed by atoms with van der Waals surface area (Å²) in [4.78, 5) is 0.655. The predicted octanol–water partition coefficient (Wildman–Crippen LogP) is 3.21. The number of hydrogen-bond acceptors (Lipinski definition) is 3. The van der Waals surface area contributed by atoms with Gasteiger partial charge in [-0.1, -0.05) is 28.1 Å². The average molecular weight is 456 g/mol. The molecule has 1 aliphatic heterocycles. The zero-order chi connectivity index (χ0) is 15.8. The summed E-state index contributed by atoms with van der Waals surface area (Å²) < 4.78 is 28.5. The molecular weight excluding hydrogens is 440 g/mol. The van der Waals surface area contributed by atoms with Crippen LogP contribution in [0.15, 0.2) is 26.0 Å². The molecule has 0 spiro atoms. The number of hydrogen-bond donors (Lipinski definition) is 1. The predicted molar refractivity (Wildman–Crippen MR) is 94.8 cm³/mol. The monoisotopic (exact) mass is 454 g/mol. The molecule has 1 saturated heterocycles. The molecule has 1 atom stereocenters. The molecule has 0 radical (unpaired) electrons. The van der Waals surface area contributed by atoms with Crippen LogP contribution in [0.5, 0.6) is 0 Å². The lowest BCUT2D eigenvalue weighted by atomic mass is 10.0. The summed E-state index contributed by atoms with van der Waals surface area (Å²) in [5.74, 6) is -0.0452. The van der Waals surface area contributed by atoms with Crippen LogP contribution in [0.2, 0.25) is 0 Å². The van der Waals surface area contributed by atoms with E-state index in [1.54, 1.807) is 12.1 Å². The molecule has 0 aliphatic carbocycles. The van der Waals surface area contributed by atoms with Crippen molar-refractivity contribution in [2.75, 3.05) is 13.1 Å². The Morgan fingerprint density at radius 1 is 1.38 bits per heavy atom. The van der Waals surface area contributed by atoms with Gasteiger partial charge in [0.15, 0.2) is 0 Å². The van der Waals surface area contributed by atoms with E-state index in [4.69, 9.17) is 18.0 Å². The molecule has 2 rings (SSSR count). The molecule has 0 aromatic heterocycles. The molecule has 21 heavy (non-hydrogen) atoms. The Hall–Kier alpha value is -0.0200. The van der Waals surface area contributed by atoms with Crippen molar-refractivity contribution in [2.45, 2.75) is 24.7 Å². The van der Waals surface area contributed by atoms with Crippen LogP contribution in [-0.2, 0) is 10.0 Å². The summed E-state index contributed by atoms with van der Waals surface area (Å²) in [6.45, 7) is 2.77. The van der Waals surface area contributed by atoms with Crippen LogP contribution in [0, 0.1) is 12.8 Å². The third-order valence-corrected chi connectivity index (χ3v) is 7.63. The number of thiocarbonyl (C=S) groups is 1. The molecule has 1 aromatic rings. The maximum atomic E-state index is 12.8. The summed E-state index contributed by atoms with van der Waals surface area (Å²) in [6, 6.07) is 3.44. The summed E-state index contributed by atoms with van der Waals surface area (Å²) >= 11 is 11.7. The van der Waals surface area contributed by atoms with Crippen LogP contribution in [0.1, 0.15) is 18.4 Å². The number of piperidine rings is 1.